The van der Waals surface area contributed by atoms with Crippen molar-refractivity contribution in [2.24, 2.45) is 0 Å². The van der Waals surface area contributed by atoms with E-state index >= 15 is 0 Å². The molecular formula is C28H27F3N4O2. The van der Waals surface area contributed by atoms with Crippen molar-refractivity contribution in [1.82, 2.24) is 14.9 Å². The first-order valence-corrected chi connectivity index (χ1v) is 11.8. The minimum absolute atomic E-state index is 0.0433. The molecule has 1 amide bonds. The maximum atomic E-state index is 14.0. The number of nitrogens with zero attached hydrogens (tertiary/aromatic N) is 2. The summed E-state index contributed by atoms with van der Waals surface area (Å²) in [6, 6.07) is 18.2. The number of aliphatic hydroxyl groups excluding tert-OH is 1. The molecule has 1 atom stereocenters. The standard InChI is InChI=1S/C28H27F3N4O2/c29-23-15-25(31)24(30)14-21(23)18-35-13-12-33-27(35)16-28(37)34-22-8-6-19(7-9-22)10-11-32-17-26(36)20-4-2-1-3-5-20/h1-9,12-15,26,32,36H,10-11,16-18H2,(H,34,37). The van der Waals surface area contributed by atoms with E-state index in [1.165, 1.54) is 10.8 Å². The number of carbonyl (C=O) groups is 1. The highest BCUT2D eigenvalue weighted by Crippen LogP contribution is 2.17. The van der Waals surface area contributed by atoms with Gasteiger partial charge in [0, 0.05) is 36.3 Å². The highest BCUT2D eigenvalue weighted by atomic mass is 19.2. The Labute approximate surface area is 212 Å². The number of nitrogens with one attached hydrogen (secondary N) is 2. The quantitative estimate of drug-likeness (QED) is 0.207. The van der Waals surface area contributed by atoms with Gasteiger partial charge in [-0.15, -0.1) is 0 Å². The van der Waals surface area contributed by atoms with Gasteiger partial charge in [-0.1, -0.05) is 42.5 Å². The minimum atomic E-state index is -1.25. The average molecular weight is 509 g/mol. The smallest absolute Gasteiger partial charge is 0.231 e. The first kappa shape index (κ1) is 26.1. The molecule has 3 N–H and O–H groups in total. The number of halogens is 3. The van der Waals surface area contributed by atoms with Crippen LogP contribution in [0.5, 0.6) is 0 Å². The Morgan fingerprint density at radius 2 is 1.70 bits per heavy atom. The van der Waals surface area contributed by atoms with E-state index in [-0.39, 0.29) is 24.4 Å². The third-order valence-corrected chi connectivity index (χ3v) is 5.90. The summed E-state index contributed by atoms with van der Waals surface area (Å²) in [5, 5.41) is 16.2. The average Bonchev–Trinajstić information content (AvgIpc) is 3.32. The largest absolute Gasteiger partial charge is 0.387 e. The topological polar surface area (TPSA) is 79.2 Å². The molecule has 3 aromatic carbocycles. The number of amides is 1. The Kier molecular flexibility index (Phi) is 8.71. The van der Waals surface area contributed by atoms with Gasteiger partial charge in [-0.25, -0.2) is 18.2 Å². The zero-order valence-corrected chi connectivity index (χ0v) is 20.0. The number of anilines is 1. The van der Waals surface area contributed by atoms with Crippen LogP contribution in [-0.4, -0.2) is 33.7 Å². The number of hydrogen-bond acceptors (Lipinski definition) is 4. The second kappa shape index (κ2) is 12.3. The Hall–Kier alpha value is -3.95. The molecule has 0 aliphatic carbocycles. The van der Waals surface area contributed by atoms with Crippen molar-refractivity contribution in [1.29, 1.82) is 0 Å². The van der Waals surface area contributed by atoms with Crippen LogP contribution in [-0.2, 0) is 24.2 Å². The number of rotatable bonds is 11. The third kappa shape index (κ3) is 7.28. The van der Waals surface area contributed by atoms with Gasteiger partial charge in [-0.05, 0) is 42.3 Å². The highest BCUT2D eigenvalue weighted by Gasteiger charge is 2.14. The van der Waals surface area contributed by atoms with Gasteiger partial charge in [0.25, 0.3) is 0 Å². The van der Waals surface area contributed by atoms with E-state index in [1.807, 2.05) is 42.5 Å². The summed E-state index contributed by atoms with van der Waals surface area (Å²) >= 11 is 0. The van der Waals surface area contributed by atoms with Crippen LogP contribution in [0.2, 0.25) is 0 Å². The summed E-state index contributed by atoms with van der Waals surface area (Å²) in [6.07, 6.45) is 3.12. The van der Waals surface area contributed by atoms with Crippen molar-refractivity contribution >= 4 is 11.6 Å². The lowest BCUT2D eigenvalue weighted by Gasteiger charge is -2.12. The van der Waals surface area contributed by atoms with Crippen LogP contribution in [0.15, 0.2) is 79.1 Å². The number of aromatic nitrogens is 2. The number of carbonyl (C=O) groups excluding carboxylic acids is 1. The van der Waals surface area contributed by atoms with Crippen molar-refractivity contribution in [3.8, 4) is 0 Å². The maximum absolute atomic E-state index is 14.0. The van der Waals surface area contributed by atoms with Crippen LogP contribution < -0.4 is 10.6 Å². The summed E-state index contributed by atoms with van der Waals surface area (Å²) < 4.78 is 42.2. The van der Waals surface area contributed by atoms with Gasteiger partial charge in [-0.2, -0.15) is 0 Å². The van der Waals surface area contributed by atoms with E-state index in [2.05, 4.69) is 15.6 Å². The molecule has 0 aliphatic rings. The summed E-state index contributed by atoms with van der Waals surface area (Å²) in [5.74, 6) is -3.22. The Morgan fingerprint density at radius 1 is 0.973 bits per heavy atom. The molecule has 1 aromatic heterocycles. The summed E-state index contributed by atoms with van der Waals surface area (Å²) in [4.78, 5) is 16.7. The van der Waals surface area contributed by atoms with Crippen LogP contribution in [0.25, 0.3) is 0 Å². The van der Waals surface area contributed by atoms with Gasteiger partial charge < -0.3 is 20.3 Å². The monoisotopic (exact) mass is 508 g/mol. The van der Waals surface area contributed by atoms with E-state index in [9.17, 15) is 23.1 Å². The molecule has 0 fully saturated rings. The fourth-order valence-electron chi connectivity index (χ4n) is 3.89. The molecule has 0 saturated heterocycles. The van der Waals surface area contributed by atoms with Crippen molar-refractivity contribution in [3.05, 3.63) is 119 Å². The first-order valence-electron chi connectivity index (χ1n) is 11.8. The molecule has 37 heavy (non-hydrogen) atoms. The Morgan fingerprint density at radius 3 is 2.46 bits per heavy atom. The van der Waals surface area contributed by atoms with Gasteiger partial charge in [-0.3, -0.25) is 4.79 Å². The molecule has 1 heterocycles. The molecule has 1 unspecified atom stereocenters. The lowest BCUT2D eigenvalue weighted by molar-refractivity contribution is -0.115. The number of imidazole rings is 1. The third-order valence-electron chi connectivity index (χ3n) is 5.90. The van der Waals surface area contributed by atoms with Crippen LogP contribution in [0.3, 0.4) is 0 Å². The van der Waals surface area contributed by atoms with Crippen molar-refractivity contribution in [2.45, 2.75) is 25.5 Å². The van der Waals surface area contributed by atoms with Crippen LogP contribution in [0.1, 0.15) is 28.6 Å². The summed E-state index contributed by atoms with van der Waals surface area (Å²) in [7, 11) is 0. The van der Waals surface area contributed by atoms with Gasteiger partial charge in [0.05, 0.1) is 19.1 Å². The SMILES string of the molecule is O=C(Cc1nccn1Cc1cc(F)c(F)cc1F)Nc1ccc(CCNCC(O)c2ccccc2)cc1. The molecule has 4 aromatic rings. The molecule has 9 heteroatoms. The van der Waals surface area contributed by atoms with Gasteiger partial charge >= 0.3 is 0 Å². The van der Waals surface area contributed by atoms with E-state index < -0.39 is 23.6 Å². The fourth-order valence-corrected chi connectivity index (χ4v) is 3.89. The summed E-state index contributed by atoms with van der Waals surface area (Å²) in [6.45, 7) is 1.06. The van der Waals surface area contributed by atoms with E-state index in [0.717, 1.165) is 23.6 Å². The van der Waals surface area contributed by atoms with E-state index in [1.54, 1.807) is 18.3 Å². The van der Waals surface area contributed by atoms with Gasteiger partial charge in [0.1, 0.15) is 11.6 Å². The highest BCUT2D eigenvalue weighted by molar-refractivity contribution is 5.91. The number of benzene rings is 3. The van der Waals surface area contributed by atoms with Crippen molar-refractivity contribution < 1.29 is 23.1 Å². The molecule has 0 radical (unpaired) electrons. The van der Waals surface area contributed by atoms with Crippen molar-refractivity contribution in [3.63, 3.8) is 0 Å². The Balaban J connectivity index is 1.24. The van der Waals surface area contributed by atoms with E-state index in [4.69, 9.17) is 0 Å². The molecular weight excluding hydrogens is 481 g/mol. The number of aliphatic hydroxyl groups is 1. The van der Waals surface area contributed by atoms with Gasteiger partial charge in [0.15, 0.2) is 11.6 Å². The molecule has 6 nitrogen and oxygen atoms in total. The molecule has 4 rings (SSSR count). The second-order valence-electron chi connectivity index (χ2n) is 8.63. The fraction of sp³-hybridized carbons (Fsp3) is 0.214. The predicted octanol–water partition coefficient (Wildman–Crippen LogP) is 4.40. The Bertz CT molecular complexity index is 1330. The van der Waals surface area contributed by atoms with E-state index in [0.29, 0.717) is 30.7 Å². The van der Waals surface area contributed by atoms with Crippen LogP contribution in [0.4, 0.5) is 18.9 Å². The summed E-state index contributed by atoms with van der Waals surface area (Å²) in [5.41, 5.74) is 2.52. The van der Waals surface area contributed by atoms with Crippen LogP contribution >= 0.6 is 0 Å². The van der Waals surface area contributed by atoms with Crippen LogP contribution in [0, 0.1) is 17.5 Å². The van der Waals surface area contributed by atoms with Crippen molar-refractivity contribution in [2.75, 3.05) is 18.4 Å². The predicted molar refractivity (Wildman–Crippen MR) is 134 cm³/mol. The molecule has 192 valence electrons. The molecule has 0 saturated carbocycles. The lowest BCUT2D eigenvalue weighted by Crippen LogP contribution is -2.23. The molecule has 0 spiro atoms. The number of hydrogen-bond donors (Lipinski definition) is 3. The van der Waals surface area contributed by atoms with Gasteiger partial charge in [0.2, 0.25) is 5.91 Å². The normalized spacial score (nSPS) is 11.9. The lowest BCUT2D eigenvalue weighted by atomic mass is 10.1. The second-order valence-corrected chi connectivity index (χ2v) is 8.63. The molecule has 0 bridgehead atoms. The molecule has 0 aliphatic heterocycles. The maximum Gasteiger partial charge on any atom is 0.231 e. The first-order chi connectivity index (χ1) is 17.9. The zero-order valence-electron chi connectivity index (χ0n) is 20.0. The zero-order chi connectivity index (χ0) is 26.2. The minimum Gasteiger partial charge on any atom is -0.387 e.